The Morgan fingerprint density at radius 3 is 2.62 bits per heavy atom. The SMILES string of the molecule is Cc1ccc(S(=O)(=O)NCCNc2nccc(-n3ccc4cccnc43)n2)cc1. The van der Waals surface area contributed by atoms with Gasteiger partial charge in [0.25, 0.3) is 0 Å². The second kappa shape index (κ2) is 7.98. The molecule has 2 N–H and O–H groups in total. The Kier molecular flexibility index (Phi) is 5.24. The highest BCUT2D eigenvalue weighted by molar-refractivity contribution is 7.89. The fourth-order valence-corrected chi connectivity index (χ4v) is 3.91. The number of hydrogen-bond donors (Lipinski definition) is 2. The summed E-state index contributed by atoms with van der Waals surface area (Å²) in [6, 6.07) is 14.4. The molecule has 0 amide bonds. The third-order valence-corrected chi connectivity index (χ3v) is 5.84. The van der Waals surface area contributed by atoms with Crippen LogP contribution < -0.4 is 10.0 Å². The molecule has 4 aromatic rings. The average molecular weight is 408 g/mol. The molecule has 8 nitrogen and oxygen atoms in total. The van der Waals surface area contributed by atoms with E-state index in [-0.39, 0.29) is 11.4 Å². The number of aryl methyl sites for hydroxylation is 1. The van der Waals surface area contributed by atoms with Gasteiger partial charge in [0.15, 0.2) is 0 Å². The van der Waals surface area contributed by atoms with Crippen molar-refractivity contribution in [3.8, 4) is 5.82 Å². The lowest BCUT2D eigenvalue weighted by Crippen LogP contribution is -2.29. The topological polar surface area (TPSA) is 102 Å². The minimum atomic E-state index is -3.54. The monoisotopic (exact) mass is 408 g/mol. The molecule has 4 rings (SSSR count). The highest BCUT2D eigenvalue weighted by Gasteiger charge is 2.12. The molecular weight excluding hydrogens is 388 g/mol. The van der Waals surface area contributed by atoms with Gasteiger partial charge in [0.05, 0.1) is 4.90 Å². The number of rotatable bonds is 7. The van der Waals surface area contributed by atoms with Crippen molar-refractivity contribution in [1.82, 2.24) is 24.2 Å². The average Bonchev–Trinajstić information content (AvgIpc) is 3.16. The van der Waals surface area contributed by atoms with Gasteiger partial charge in [0, 0.05) is 37.1 Å². The van der Waals surface area contributed by atoms with Gasteiger partial charge >= 0.3 is 0 Å². The van der Waals surface area contributed by atoms with Gasteiger partial charge in [-0.25, -0.2) is 23.1 Å². The van der Waals surface area contributed by atoms with Crippen molar-refractivity contribution in [3.05, 3.63) is 72.7 Å². The van der Waals surface area contributed by atoms with Crippen LogP contribution in [0.5, 0.6) is 0 Å². The Hall–Kier alpha value is -3.30. The molecule has 0 radical (unpaired) electrons. The summed E-state index contributed by atoms with van der Waals surface area (Å²) in [5.74, 6) is 1.09. The van der Waals surface area contributed by atoms with Gasteiger partial charge in [-0.15, -0.1) is 0 Å². The molecule has 3 heterocycles. The van der Waals surface area contributed by atoms with Crippen molar-refractivity contribution in [1.29, 1.82) is 0 Å². The number of sulfonamides is 1. The largest absolute Gasteiger partial charge is 0.353 e. The van der Waals surface area contributed by atoms with Crippen LogP contribution in [0.2, 0.25) is 0 Å². The van der Waals surface area contributed by atoms with Crippen LogP contribution in [-0.4, -0.2) is 41.0 Å². The van der Waals surface area contributed by atoms with E-state index in [2.05, 4.69) is 25.0 Å². The van der Waals surface area contributed by atoms with E-state index in [9.17, 15) is 8.42 Å². The maximum Gasteiger partial charge on any atom is 0.240 e. The number of nitrogens with one attached hydrogen (secondary N) is 2. The number of anilines is 1. The van der Waals surface area contributed by atoms with E-state index in [1.807, 2.05) is 35.9 Å². The maximum absolute atomic E-state index is 12.3. The van der Waals surface area contributed by atoms with Crippen LogP contribution >= 0.6 is 0 Å². The summed E-state index contributed by atoms with van der Waals surface area (Å²) >= 11 is 0. The molecule has 29 heavy (non-hydrogen) atoms. The van der Waals surface area contributed by atoms with Crippen molar-refractivity contribution in [2.75, 3.05) is 18.4 Å². The van der Waals surface area contributed by atoms with Crippen molar-refractivity contribution >= 4 is 27.0 Å². The van der Waals surface area contributed by atoms with E-state index in [1.54, 1.807) is 42.7 Å². The Morgan fingerprint density at radius 2 is 1.79 bits per heavy atom. The molecule has 0 saturated carbocycles. The maximum atomic E-state index is 12.3. The lowest BCUT2D eigenvalue weighted by atomic mass is 10.2. The van der Waals surface area contributed by atoms with Crippen LogP contribution in [0.4, 0.5) is 5.95 Å². The van der Waals surface area contributed by atoms with Crippen LogP contribution in [-0.2, 0) is 10.0 Å². The van der Waals surface area contributed by atoms with Crippen LogP contribution in [0.15, 0.2) is 72.0 Å². The highest BCUT2D eigenvalue weighted by atomic mass is 32.2. The summed E-state index contributed by atoms with van der Waals surface area (Å²) in [4.78, 5) is 13.3. The smallest absolute Gasteiger partial charge is 0.240 e. The van der Waals surface area contributed by atoms with Crippen LogP contribution in [0.1, 0.15) is 5.56 Å². The van der Waals surface area contributed by atoms with Gasteiger partial charge < -0.3 is 5.32 Å². The van der Waals surface area contributed by atoms with Gasteiger partial charge in [-0.3, -0.25) is 4.57 Å². The number of fused-ring (bicyclic) bond motifs is 1. The molecule has 0 aliphatic rings. The summed E-state index contributed by atoms with van der Waals surface area (Å²) in [6.45, 7) is 2.46. The van der Waals surface area contributed by atoms with E-state index in [0.717, 1.165) is 16.6 Å². The fraction of sp³-hybridized carbons (Fsp3) is 0.150. The predicted octanol–water partition coefficient (Wildman–Crippen LogP) is 2.51. The molecule has 0 bridgehead atoms. The van der Waals surface area contributed by atoms with Crippen molar-refractivity contribution in [2.24, 2.45) is 0 Å². The third kappa shape index (κ3) is 4.25. The van der Waals surface area contributed by atoms with Crippen molar-refractivity contribution in [2.45, 2.75) is 11.8 Å². The summed E-state index contributed by atoms with van der Waals surface area (Å²) in [7, 11) is -3.54. The molecule has 0 unspecified atom stereocenters. The zero-order valence-electron chi connectivity index (χ0n) is 15.8. The zero-order valence-corrected chi connectivity index (χ0v) is 16.6. The number of hydrogen-bond acceptors (Lipinski definition) is 6. The molecule has 0 aliphatic heterocycles. The number of aromatic nitrogens is 4. The van der Waals surface area contributed by atoms with Crippen LogP contribution in [0, 0.1) is 6.92 Å². The molecule has 148 valence electrons. The first-order valence-electron chi connectivity index (χ1n) is 9.09. The number of nitrogens with zero attached hydrogens (tertiary/aromatic N) is 4. The van der Waals surface area contributed by atoms with E-state index >= 15 is 0 Å². The Labute approximate surface area is 168 Å². The number of benzene rings is 1. The first-order chi connectivity index (χ1) is 14.0. The molecule has 1 aromatic carbocycles. The standard InChI is InChI=1S/C20H20N6O2S/c1-15-4-6-17(7-5-15)29(27,28)24-13-12-23-20-22-11-8-18(25-20)26-14-9-16-3-2-10-21-19(16)26/h2-11,14,24H,12-13H2,1H3,(H,22,23,25). The first kappa shape index (κ1) is 19.0. The minimum Gasteiger partial charge on any atom is -0.353 e. The molecule has 0 saturated heterocycles. The van der Waals surface area contributed by atoms with Crippen LogP contribution in [0.25, 0.3) is 16.9 Å². The molecular formula is C20H20N6O2S. The Balaban J connectivity index is 1.40. The second-order valence-corrected chi connectivity index (χ2v) is 8.24. The molecule has 9 heteroatoms. The summed E-state index contributed by atoms with van der Waals surface area (Å²) in [6.07, 6.45) is 5.29. The molecule has 0 atom stereocenters. The molecule has 0 fully saturated rings. The fourth-order valence-electron chi connectivity index (χ4n) is 2.88. The van der Waals surface area contributed by atoms with Gasteiger partial charge in [0.2, 0.25) is 16.0 Å². The molecule has 0 aliphatic carbocycles. The summed E-state index contributed by atoms with van der Waals surface area (Å²) in [5, 5.41) is 4.06. The Morgan fingerprint density at radius 1 is 0.966 bits per heavy atom. The van der Waals surface area contributed by atoms with E-state index in [0.29, 0.717) is 18.3 Å². The van der Waals surface area contributed by atoms with Crippen molar-refractivity contribution < 1.29 is 8.42 Å². The lowest BCUT2D eigenvalue weighted by molar-refractivity contribution is 0.583. The molecule has 0 spiro atoms. The van der Waals surface area contributed by atoms with Gasteiger partial charge in [-0.2, -0.15) is 4.98 Å². The zero-order chi connectivity index (χ0) is 20.3. The summed E-state index contributed by atoms with van der Waals surface area (Å²) in [5.41, 5.74) is 1.82. The first-order valence-corrected chi connectivity index (χ1v) is 10.6. The summed E-state index contributed by atoms with van der Waals surface area (Å²) < 4.78 is 29.1. The molecule has 3 aromatic heterocycles. The van der Waals surface area contributed by atoms with E-state index in [1.165, 1.54) is 0 Å². The third-order valence-electron chi connectivity index (χ3n) is 4.37. The van der Waals surface area contributed by atoms with E-state index < -0.39 is 10.0 Å². The van der Waals surface area contributed by atoms with Gasteiger partial charge in [-0.1, -0.05) is 17.7 Å². The number of pyridine rings is 1. The second-order valence-electron chi connectivity index (χ2n) is 6.48. The quantitative estimate of drug-likeness (QED) is 0.456. The van der Waals surface area contributed by atoms with Crippen molar-refractivity contribution in [3.63, 3.8) is 0 Å². The van der Waals surface area contributed by atoms with E-state index in [4.69, 9.17) is 0 Å². The normalized spacial score (nSPS) is 11.6. The predicted molar refractivity (Wildman–Crippen MR) is 112 cm³/mol. The van der Waals surface area contributed by atoms with Crippen LogP contribution in [0.3, 0.4) is 0 Å². The lowest BCUT2D eigenvalue weighted by Gasteiger charge is -2.09. The van der Waals surface area contributed by atoms with Gasteiger partial charge in [0.1, 0.15) is 11.5 Å². The van der Waals surface area contributed by atoms with Gasteiger partial charge in [-0.05, 0) is 43.3 Å². The highest BCUT2D eigenvalue weighted by Crippen LogP contribution is 2.17. The Bertz CT molecular complexity index is 1240. The minimum absolute atomic E-state index is 0.206.